The molecule has 1 aromatic carbocycles. The van der Waals surface area contributed by atoms with Crippen molar-refractivity contribution in [2.24, 2.45) is 17.8 Å². The molecule has 4 atom stereocenters. The topological polar surface area (TPSA) is 92.3 Å². The van der Waals surface area contributed by atoms with E-state index in [9.17, 15) is 14.4 Å². The first-order valence-electron chi connectivity index (χ1n) is 10.1. The van der Waals surface area contributed by atoms with Gasteiger partial charge < -0.3 is 15.4 Å². The molecular weight excluding hydrogens is 394 g/mol. The third-order valence-electron chi connectivity index (χ3n) is 6.40. The van der Waals surface area contributed by atoms with Crippen LogP contribution >= 0.6 is 11.6 Å². The summed E-state index contributed by atoms with van der Waals surface area (Å²) in [7, 11) is 1.59. The van der Waals surface area contributed by atoms with Crippen molar-refractivity contribution in [1.82, 2.24) is 4.90 Å². The van der Waals surface area contributed by atoms with Crippen molar-refractivity contribution in [3.8, 4) is 0 Å². The molecule has 3 amide bonds. The van der Waals surface area contributed by atoms with E-state index < -0.39 is 17.4 Å². The molecule has 2 fully saturated rings. The van der Waals surface area contributed by atoms with Crippen molar-refractivity contribution in [1.29, 1.82) is 0 Å². The van der Waals surface area contributed by atoms with E-state index in [1.54, 1.807) is 25.3 Å². The molecule has 156 valence electrons. The van der Waals surface area contributed by atoms with Gasteiger partial charge in [-0.2, -0.15) is 0 Å². The second-order valence-corrected chi connectivity index (χ2v) is 9.09. The minimum Gasteiger partial charge on any atom is -0.385 e. The van der Waals surface area contributed by atoms with Gasteiger partial charge in [0.05, 0.1) is 5.69 Å². The lowest BCUT2D eigenvalue weighted by Gasteiger charge is -2.26. The van der Waals surface area contributed by atoms with Gasteiger partial charge in [-0.25, -0.2) is 0 Å². The highest BCUT2D eigenvalue weighted by molar-refractivity contribution is 6.31. The molecule has 7 nitrogen and oxygen atoms in total. The van der Waals surface area contributed by atoms with Gasteiger partial charge in [-0.15, -0.1) is 0 Å². The Labute approximate surface area is 175 Å². The van der Waals surface area contributed by atoms with Crippen molar-refractivity contribution >= 4 is 35.0 Å². The van der Waals surface area contributed by atoms with Gasteiger partial charge >= 0.3 is 0 Å². The first kappa shape index (κ1) is 20.3. The number of nitrogens with zero attached hydrogens (tertiary/aromatic N) is 1. The number of carbonyl (C=O) groups is 3. The predicted molar refractivity (Wildman–Crippen MR) is 107 cm³/mol. The van der Waals surface area contributed by atoms with Crippen LogP contribution in [0.4, 0.5) is 5.69 Å². The van der Waals surface area contributed by atoms with Crippen LogP contribution in [0.15, 0.2) is 18.2 Å². The van der Waals surface area contributed by atoms with Crippen molar-refractivity contribution in [3.63, 3.8) is 0 Å². The zero-order valence-corrected chi connectivity index (χ0v) is 17.7. The average Bonchev–Trinajstić information content (AvgIpc) is 3.22. The van der Waals surface area contributed by atoms with Crippen molar-refractivity contribution in [3.05, 3.63) is 28.8 Å². The summed E-state index contributed by atoms with van der Waals surface area (Å²) >= 11 is 6.25. The van der Waals surface area contributed by atoms with Crippen LogP contribution in [0, 0.1) is 17.8 Å². The lowest BCUT2D eigenvalue weighted by atomic mass is 9.76. The third kappa shape index (κ3) is 2.98. The van der Waals surface area contributed by atoms with E-state index in [1.165, 1.54) is 4.90 Å². The molecule has 1 spiro atoms. The Morgan fingerprint density at radius 1 is 1.28 bits per heavy atom. The summed E-state index contributed by atoms with van der Waals surface area (Å²) in [6, 6.07) is 5.10. The lowest BCUT2D eigenvalue weighted by molar-refractivity contribution is -0.734. The number of quaternary nitrogens is 1. The van der Waals surface area contributed by atoms with Crippen LogP contribution in [0.1, 0.15) is 32.3 Å². The third-order valence-corrected chi connectivity index (χ3v) is 6.63. The lowest BCUT2D eigenvalue weighted by Crippen LogP contribution is -2.99. The maximum Gasteiger partial charge on any atom is 0.291 e. The van der Waals surface area contributed by atoms with E-state index in [-0.39, 0.29) is 23.8 Å². The van der Waals surface area contributed by atoms with Crippen LogP contribution in [0.2, 0.25) is 5.02 Å². The molecule has 3 N–H and O–H groups in total. The summed E-state index contributed by atoms with van der Waals surface area (Å²) in [5.41, 5.74) is 0.224. The van der Waals surface area contributed by atoms with Crippen LogP contribution in [-0.2, 0) is 24.7 Å². The number of benzene rings is 1. The Hall–Kier alpha value is -1.96. The Balaban J connectivity index is 1.79. The maximum absolute atomic E-state index is 13.5. The van der Waals surface area contributed by atoms with Gasteiger partial charge in [-0.3, -0.25) is 19.3 Å². The first-order chi connectivity index (χ1) is 13.8. The Morgan fingerprint density at radius 2 is 2.03 bits per heavy atom. The van der Waals surface area contributed by atoms with Crippen molar-refractivity contribution in [2.75, 3.05) is 25.6 Å². The SMILES string of the molecule is COCCCN1C(=O)[C@H]2[C@@H](C1=O)[C@]1([NH2+][C@@H]2CC(C)C)C(=O)Nc2ccc(Cl)cc21. The molecular formula is C21H27ClN3O4+. The smallest absolute Gasteiger partial charge is 0.291 e. The fraction of sp³-hybridized carbons (Fsp3) is 0.571. The number of nitrogens with two attached hydrogens (primary N) is 1. The van der Waals surface area contributed by atoms with Gasteiger partial charge in [0.1, 0.15) is 17.9 Å². The number of hydrogen-bond donors (Lipinski definition) is 2. The number of imide groups is 1. The van der Waals surface area contributed by atoms with E-state index in [0.717, 1.165) is 6.42 Å². The molecule has 0 aromatic heterocycles. The van der Waals surface area contributed by atoms with E-state index >= 15 is 0 Å². The summed E-state index contributed by atoms with van der Waals surface area (Å²) < 4.78 is 5.08. The molecule has 2 saturated heterocycles. The standard InChI is InChI=1S/C21H26ClN3O4/c1-11(2)9-15-16-17(19(27)25(18(16)26)7-4-8-29-3)21(24-15)13-10-12(22)5-6-14(13)23-20(21)28/h5-6,10-11,15-17,24H,4,7-9H2,1-3H3,(H,23,28)/p+1/t15-,16-,17+,21+/m1/s1. The number of fused-ring (bicyclic) bond motifs is 4. The van der Waals surface area contributed by atoms with Crippen LogP contribution in [0.25, 0.3) is 0 Å². The van der Waals surface area contributed by atoms with Gasteiger partial charge in [0.15, 0.2) is 0 Å². The number of hydrogen-bond acceptors (Lipinski definition) is 4. The zero-order valence-electron chi connectivity index (χ0n) is 16.9. The number of carbonyl (C=O) groups excluding carboxylic acids is 3. The van der Waals surface area contributed by atoms with Gasteiger partial charge in [-0.05, 0) is 30.5 Å². The molecule has 3 aliphatic heterocycles. The molecule has 4 rings (SSSR count). The number of amides is 3. The molecule has 0 radical (unpaired) electrons. The van der Waals surface area contributed by atoms with Crippen LogP contribution in [0.3, 0.4) is 0 Å². The van der Waals surface area contributed by atoms with Crippen molar-refractivity contribution in [2.45, 2.75) is 38.3 Å². The molecule has 1 aromatic rings. The number of ether oxygens (including phenoxy) is 1. The fourth-order valence-corrected chi connectivity index (χ4v) is 5.51. The molecule has 8 heteroatoms. The summed E-state index contributed by atoms with van der Waals surface area (Å²) in [6.07, 6.45) is 1.32. The summed E-state index contributed by atoms with van der Waals surface area (Å²) in [5.74, 6) is -1.57. The zero-order chi connectivity index (χ0) is 20.9. The summed E-state index contributed by atoms with van der Waals surface area (Å²) in [4.78, 5) is 41.4. The number of nitrogens with one attached hydrogen (secondary N) is 1. The summed E-state index contributed by atoms with van der Waals surface area (Å²) in [5, 5.41) is 5.38. The maximum atomic E-state index is 13.5. The number of likely N-dealkylation sites (tertiary alicyclic amines) is 1. The highest BCUT2D eigenvalue weighted by Gasteiger charge is 2.74. The van der Waals surface area contributed by atoms with Gasteiger partial charge in [-0.1, -0.05) is 25.4 Å². The fourth-order valence-electron chi connectivity index (χ4n) is 5.34. The van der Waals surface area contributed by atoms with Crippen LogP contribution < -0.4 is 10.6 Å². The molecule has 0 aliphatic carbocycles. The second-order valence-electron chi connectivity index (χ2n) is 8.65. The predicted octanol–water partition coefficient (Wildman–Crippen LogP) is 1.12. The number of rotatable bonds is 6. The Kier molecular flexibility index (Phi) is 5.17. The van der Waals surface area contributed by atoms with E-state index in [4.69, 9.17) is 16.3 Å². The van der Waals surface area contributed by atoms with E-state index in [2.05, 4.69) is 19.2 Å². The van der Waals surface area contributed by atoms with Gasteiger partial charge in [0, 0.05) is 37.3 Å². The monoisotopic (exact) mass is 420 g/mol. The highest BCUT2D eigenvalue weighted by atomic mass is 35.5. The molecule has 0 saturated carbocycles. The highest BCUT2D eigenvalue weighted by Crippen LogP contribution is 2.50. The number of anilines is 1. The average molecular weight is 421 g/mol. The molecule has 29 heavy (non-hydrogen) atoms. The Bertz CT molecular complexity index is 873. The largest absolute Gasteiger partial charge is 0.385 e. The molecule has 3 heterocycles. The van der Waals surface area contributed by atoms with Crippen LogP contribution in [0.5, 0.6) is 0 Å². The van der Waals surface area contributed by atoms with Gasteiger partial charge in [0.2, 0.25) is 17.4 Å². The van der Waals surface area contributed by atoms with Crippen molar-refractivity contribution < 1.29 is 24.4 Å². The van der Waals surface area contributed by atoms with Gasteiger partial charge in [0.25, 0.3) is 5.91 Å². The minimum atomic E-state index is -1.15. The summed E-state index contributed by atoms with van der Waals surface area (Å²) in [6.45, 7) is 4.96. The molecule has 0 unspecified atom stereocenters. The minimum absolute atomic E-state index is 0.139. The first-order valence-corrected chi connectivity index (χ1v) is 10.5. The number of methoxy groups -OCH3 is 1. The molecule has 3 aliphatic rings. The molecule has 0 bridgehead atoms. The number of halogens is 1. The van der Waals surface area contributed by atoms with Crippen LogP contribution in [-0.4, -0.2) is 48.9 Å². The normalized spacial score (nSPS) is 30.4. The Morgan fingerprint density at radius 3 is 2.72 bits per heavy atom. The van der Waals surface area contributed by atoms with E-state index in [1.807, 2.05) is 5.32 Å². The van der Waals surface area contributed by atoms with E-state index in [0.29, 0.717) is 41.8 Å². The second kappa shape index (κ2) is 7.38. The quantitative estimate of drug-likeness (QED) is 0.532.